The fourth-order valence-electron chi connectivity index (χ4n) is 3.41. The van der Waals surface area contributed by atoms with Gasteiger partial charge in [-0.05, 0) is 29.6 Å². The summed E-state index contributed by atoms with van der Waals surface area (Å²) in [4.78, 5) is 23.0. The van der Waals surface area contributed by atoms with E-state index in [2.05, 4.69) is 0 Å². The molecule has 164 valence electrons. The molecule has 1 aliphatic carbocycles. The van der Waals surface area contributed by atoms with Gasteiger partial charge in [-0.15, -0.1) is 0 Å². The van der Waals surface area contributed by atoms with Crippen molar-refractivity contribution in [2.24, 2.45) is 5.92 Å². The van der Waals surface area contributed by atoms with E-state index in [1.54, 1.807) is 32.0 Å². The highest BCUT2D eigenvalue weighted by atomic mass is 19.4. The first-order valence-corrected chi connectivity index (χ1v) is 9.29. The third-order valence-electron chi connectivity index (χ3n) is 4.77. The monoisotopic (exact) mass is 429 g/mol. The van der Waals surface area contributed by atoms with E-state index in [0.29, 0.717) is 0 Å². The highest BCUT2D eigenvalue weighted by Crippen LogP contribution is 2.43. The van der Waals surface area contributed by atoms with Gasteiger partial charge in [0.15, 0.2) is 0 Å². The van der Waals surface area contributed by atoms with Crippen molar-refractivity contribution in [1.29, 1.82) is 0 Å². The van der Waals surface area contributed by atoms with Crippen molar-refractivity contribution >= 4 is 17.8 Å². The molecule has 0 radical (unpaired) electrons. The van der Waals surface area contributed by atoms with Crippen LogP contribution in [0.1, 0.15) is 32.3 Å². The summed E-state index contributed by atoms with van der Waals surface area (Å²) < 4.78 is 56.5. The first-order chi connectivity index (χ1) is 13.9. The second kappa shape index (κ2) is 9.09. The summed E-state index contributed by atoms with van der Waals surface area (Å²) in [7, 11) is 0. The molecule has 3 unspecified atom stereocenters. The fraction of sp³-hybridized carbons (Fsp3) is 0.429. The maximum atomic E-state index is 15.1. The Kier molecular flexibility index (Phi) is 7.20. The van der Waals surface area contributed by atoms with Crippen molar-refractivity contribution in [3.63, 3.8) is 0 Å². The average molecular weight is 429 g/mol. The quantitative estimate of drug-likeness (QED) is 0.434. The molecule has 30 heavy (non-hydrogen) atoms. The number of allylic oxidation sites excluding steroid dienone is 2. The van der Waals surface area contributed by atoms with Crippen LogP contribution in [0.25, 0.3) is 5.57 Å². The van der Waals surface area contributed by atoms with Crippen LogP contribution < -0.4 is 5.32 Å². The Bertz CT molecular complexity index is 844. The normalized spacial score (nSPS) is 21.9. The minimum atomic E-state index is -5.03. The Balaban J connectivity index is 2.56. The number of aldehydes is 1. The van der Waals surface area contributed by atoms with Crippen molar-refractivity contribution in [1.82, 2.24) is 5.32 Å². The zero-order valence-corrected chi connectivity index (χ0v) is 16.4. The first kappa shape index (κ1) is 23.8. The summed E-state index contributed by atoms with van der Waals surface area (Å²) in [5.74, 6) is -4.91. The molecule has 3 N–H and O–H groups in total. The van der Waals surface area contributed by atoms with Gasteiger partial charge in [-0.1, -0.05) is 44.2 Å². The molecular formula is C21H23F4NO4. The molecule has 9 heteroatoms. The summed E-state index contributed by atoms with van der Waals surface area (Å²) in [5, 5.41) is 21.6. The topological polar surface area (TPSA) is 86.6 Å². The zero-order chi connectivity index (χ0) is 22.7. The number of aliphatic carboxylic acids is 1. The Labute approximate surface area is 171 Å². The summed E-state index contributed by atoms with van der Waals surface area (Å²) in [6.07, 6.45) is -5.25. The zero-order valence-electron chi connectivity index (χ0n) is 16.4. The van der Waals surface area contributed by atoms with Crippen molar-refractivity contribution in [3.8, 4) is 0 Å². The molecule has 0 spiro atoms. The minimum absolute atomic E-state index is 0.114. The summed E-state index contributed by atoms with van der Waals surface area (Å²) in [5.41, 5.74) is -1.34. The molecule has 1 aromatic rings. The molecule has 0 fully saturated rings. The Morgan fingerprint density at radius 3 is 2.33 bits per heavy atom. The molecule has 0 amide bonds. The van der Waals surface area contributed by atoms with E-state index >= 15 is 4.39 Å². The number of carboxylic acids is 1. The van der Waals surface area contributed by atoms with E-state index in [1.165, 1.54) is 12.1 Å². The molecule has 0 aliphatic heterocycles. The molecule has 2 rings (SSSR count). The van der Waals surface area contributed by atoms with Gasteiger partial charge in [0.1, 0.15) is 18.4 Å². The Morgan fingerprint density at radius 2 is 1.87 bits per heavy atom. The van der Waals surface area contributed by atoms with E-state index in [-0.39, 0.29) is 29.8 Å². The number of carbonyl (C=O) groups is 2. The second-order valence-corrected chi connectivity index (χ2v) is 7.62. The lowest BCUT2D eigenvalue weighted by molar-refractivity contribution is -0.156. The summed E-state index contributed by atoms with van der Waals surface area (Å²) in [6.45, 7) is 3.29. The average Bonchev–Trinajstić information content (AvgIpc) is 2.63. The fourth-order valence-corrected chi connectivity index (χ4v) is 3.41. The number of halogens is 4. The van der Waals surface area contributed by atoms with Crippen LogP contribution in [-0.4, -0.2) is 46.6 Å². The van der Waals surface area contributed by atoms with Crippen LogP contribution >= 0.6 is 0 Å². The summed E-state index contributed by atoms with van der Waals surface area (Å²) >= 11 is 0. The van der Waals surface area contributed by atoms with Gasteiger partial charge in [-0.2, -0.15) is 13.2 Å². The number of aliphatic hydroxyl groups is 1. The third kappa shape index (κ3) is 5.54. The van der Waals surface area contributed by atoms with Gasteiger partial charge in [0.05, 0.1) is 0 Å². The predicted molar refractivity (Wildman–Crippen MR) is 102 cm³/mol. The van der Waals surface area contributed by atoms with Gasteiger partial charge in [0, 0.05) is 17.6 Å². The second-order valence-electron chi connectivity index (χ2n) is 7.62. The van der Waals surface area contributed by atoms with Crippen LogP contribution in [0.4, 0.5) is 17.6 Å². The molecule has 0 heterocycles. The number of carboxylic acid groups (broad SMARTS) is 1. The molecule has 0 bridgehead atoms. The van der Waals surface area contributed by atoms with Crippen LogP contribution in [0, 0.1) is 5.92 Å². The molecule has 5 nitrogen and oxygen atoms in total. The van der Waals surface area contributed by atoms with E-state index in [9.17, 15) is 33.0 Å². The Hall–Kier alpha value is -2.52. The number of benzene rings is 1. The predicted octanol–water partition coefficient (Wildman–Crippen LogP) is 3.65. The molecular weight excluding hydrogens is 406 g/mol. The lowest BCUT2D eigenvalue weighted by atomic mass is 9.82. The van der Waals surface area contributed by atoms with Crippen molar-refractivity contribution in [2.45, 2.75) is 50.8 Å². The molecule has 3 atom stereocenters. The van der Waals surface area contributed by atoms with Gasteiger partial charge in [0.25, 0.3) is 0 Å². The highest BCUT2D eigenvalue weighted by molar-refractivity contribution is 5.88. The van der Waals surface area contributed by atoms with Gasteiger partial charge in [0.2, 0.25) is 5.85 Å². The number of hydrogen-bond acceptors (Lipinski definition) is 4. The van der Waals surface area contributed by atoms with Gasteiger partial charge < -0.3 is 10.2 Å². The van der Waals surface area contributed by atoms with Crippen molar-refractivity contribution in [2.75, 3.05) is 0 Å². The number of alkyl halides is 4. The van der Waals surface area contributed by atoms with Crippen LogP contribution in [0.15, 0.2) is 47.6 Å². The largest absolute Gasteiger partial charge is 0.480 e. The first-order valence-electron chi connectivity index (χ1n) is 9.29. The molecule has 1 aromatic carbocycles. The Morgan fingerprint density at radius 1 is 1.27 bits per heavy atom. The van der Waals surface area contributed by atoms with E-state index < -0.39 is 47.7 Å². The third-order valence-corrected chi connectivity index (χ3v) is 4.77. The van der Waals surface area contributed by atoms with Crippen molar-refractivity contribution < 1.29 is 37.4 Å². The lowest BCUT2D eigenvalue weighted by Crippen LogP contribution is -2.53. The smallest absolute Gasteiger partial charge is 0.407 e. The summed E-state index contributed by atoms with van der Waals surface area (Å²) in [6, 6.07) is 3.44. The van der Waals surface area contributed by atoms with Crippen LogP contribution in [-0.2, 0) is 9.59 Å². The van der Waals surface area contributed by atoms with Crippen LogP contribution in [0.2, 0.25) is 0 Å². The van der Waals surface area contributed by atoms with E-state index in [1.807, 2.05) is 5.32 Å². The lowest BCUT2D eigenvalue weighted by Gasteiger charge is -2.35. The van der Waals surface area contributed by atoms with Crippen LogP contribution in [0.3, 0.4) is 0 Å². The SMILES string of the molecule is CC(C)CC(NC(C1=C(C=O)C=C(c2ccccc2)C(O)(F)C1)C(F)(F)F)C(=O)O. The van der Waals surface area contributed by atoms with Crippen molar-refractivity contribution in [3.05, 3.63) is 53.1 Å². The molecule has 0 saturated carbocycles. The molecule has 0 saturated heterocycles. The maximum Gasteiger partial charge on any atom is 0.407 e. The highest BCUT2D eigenvalue weighted by Gasteiger charge is 2.49. The molecule has 0 aromatic heterocycles. The van der Waals surface area contributed by atoms with E-state index in [0.717, 1.165) is 6.08 Å². The molecule has 1 aliphatic rings. The number of hydrogen-bond donors (Lipinski definition) is 3. The number of rotatable bonds is 8. The number of nitrogens with one attached hydrogen (secondary N) is 1. The van der Waals surface area contributed by atoms with Gasteiger partial charge in [-0.25, -0.2) is 4.39 Å². The maximum absolute atomic E-state index is 15.1. The van der Waals surface area contributed by atoms with Gasteiger partial charge >= 0.3 is 12.1 Å². The van der Waals surface area contributed by atoms with Crippen LogP contribution in [0.5, 0.6) is 0 Å². The standard InChI is InChI=1S/C21H23F4NO4/c1-12(2)8-17(19(28)29)26-18(21(23,24)25)15-10-20(22,30)16(9-14(15)11-27)13-6-4-3-5-7-13/h3-7,9,11-12,17-18,26,30H,8,10H2,1-2H3,(H,28,29). The van der Waals surface area contributed by atoms with Gasteiger partial charge in [-0.3, -0.25) is 14.9 Å². The van der Waals surface area contributed by atoms with E-state index in [4.69, 9.17) is 0 Å². The minimum Gasteiger partial charge on any atom is -0.480 e. The number of carbonyl (C=O) groups excluding carboxylic acids is 1.